The average Bonchev–Trinajstić information content (AvgIpc) is 2.27. The third kappa shape index (κ3) is 3.15. The number of carbonyl (C=O) groups excluding carboxylic acids is 1. The SMILES string of the molecule is COC(C)C(=O)N1CCOC(C(C)N)C1. The molecule has 0 aliphatic carbocycles. The Kier molecular flexibility index (Phi) is 4.50. The second kappa shape index (κ2) is 5.44. The molecule has 0 radical (unpaired) electrons. The van der Waals surface area contributed by atoms with E-state index in [-0.39, 0.29) is 18.1 Å². The summed E-state index contributed by atoms with van der Waals surface area (Å²) in [6.45, 7) is 5.37. The first kappa shape index (κ1) is 12.4. The van der Waals surface area contributed by atoms with Crippen molar-refractivity contribution in [3.63, 3.8) is 0 Å². The van der Waals surface area contributed by atoms with Crippen molar-refractivity contribution in [1.29, 1.82) is 0 Å². The van der Waals surface area contributed by atoms with Crippen LogP contribution in [0.4, 0.5) is 0 Å². The van der Waals surface area contributed by atoms with Crippen LogP contribution in [-0.2, 0) is 14.3 Å². The molecular weight excluding hydrogens is 196 g/mol. The smallest absolute Gasteiger partial charge is 0.251 e. The standard InChI is InChI=1S/C10H20N2O3/c1-7(11)9-6-12(4-5-15-9)10(13)8(2)14-3/h7-9H,4-6,11H2,1-3H3. The molecule has 0 bridgehead atoms. The largest absolute Gasteiger partial charge is 0.373 e. The van der Waals surface area contributed by atoms with Gasteiger partial charge in [-0.1, -0.05) is 0 Å². The Balaban J connectivity index is 2.52. The van der Waals surface area contributed by atoms with E-state index in [1.54, 1.807) is 11.8 Å². The molecular formula is C10H20N2O3. The summed E-state index contributed by atoms with van der Waals surface area (Å²) in [5.41, 5.74) is 5.74. The maximum absolute atomic E-state index is 11.8. The third-order valence-electron chi connectivity index (χ3n) is 2.69. The van der Waals surface area contributed by atoms with E-state index in [9.17, 15) is 4.79 Å². The van der Waals surface area contributed by atoms with Crippen LogP contribution < -0.4 is 5.73 Å². The molecule has 1 amide bonds. The summed E-state index contributed by atoms with van der Waals surface area (Å²) in [6.07, 6.45) is -0.455. The van der Waals surface area contributed by atoms with Gasteiger partial charge in [0.1, 0.15) is 6.10 Å². The highest BCUT2D eigenvalue weighted by Gasteiger charge is 2.28. The van der Waals surface area contributed by atoms with Crippen LogP contribution in [-0.4, -0.2) is 55.9 Å². The molecule has 88 valence electrons. The summed E-state index contributed by atoms with van der Waals surface area (Å²) in [7, 11) is 1.53. The molecule has 5 nitrogen and oxygen atoms in total. The van der Waals surface area contributed by atoms with E-state index in [2.05, 4.69) is 0 Å². The number of amides is 1. The van der Waals surface area contributed by atoms with E-state index in [0.29, 0.717) is 19.7 Å². The highest BCUT2D eigenvalue weighted by Crippen LogP contribution is 2.09. The van der Waals surface area contributed by atoms with Crippen molar-refractivity contribution >= 4 is 5.91 Å². The zero-order valence-corrected chi connectivity index (χ0v) is 9.60. The summed E-state index contributed by atoms with van der Waals surface area (Å²) in [4.78, 5) is 13.6. The lowest BCUT2D eigenvalue weighted by Crippen LogP contribution is -2.53. The van der Waals surface area contributed by atoms with Gasteiger partial charge in [-0.25, -0.2) is 0 Å². The Morgan fingerprint density at radius 3 is 2.80 bits per heavy atom. The molecule has 1 aliphatic heterocycles. The molecule has 1 rings (SSSR count). The van der Waals surface area contributed by atoms with Gasteiger partial charge in [0.25, 0.3) is 5.91 Å². The van der Waals surface area contributed by atoms with Crippen LogP contribution in [0, 0.1) is 0 Å². The Hall–Kier alpha value is -0.650. The average molecular weight is 216 g/mol. The second-order valence-electron chi connectivity index (χ2n) is 3.93. The Bertz CT molecular complexity index is 221. The van der Waals surface area contributed by atoms with Crippen LogP contribution in [0.2, 0.25) is 0 Å². The molecule has 1 heterocycles. The van der Waals surface area contributed by atoms with Crippen molar-refractivity contribution in [2.45, 2.75) is 32.1 Å². The predicted molar refractivity (Wildman–Crippen MR) is 56.4 cm³/mol. The van der Waals surface area contributed by atoms with Gasteiger partial charge in [-0.2, -0.15) is 0 Å². The van der Waals surface area contributed by atoms with Gasteiger partial charge in [0.05, 0.1) is 12.7 Å². The number of morpholine rings is 1. The molecule has 0 spiro atoms. The monoisotopic (exact) mass is 216 g/mol. The molecule has 1 aliphatic rings. The van der Waals surface area contributed by atoms with Crippen molar-refractivity contribution in [3.05, 3.63) is 0 Å². The number of carbonyl (C=O) groups is 1. The Morgan fingerprint density at radius 2 is 2.27 bits per heavy atom. The summed E-state index contributed by atoms with van der Waals surface area (Å²) in [5, 5.41) is 0. The van der Waals surface area contributed by atoms with Crippen LogP contribution in [0.15, 0.2) is 0 Å². The van der Waals surface area contributed by atoms with E-state index in [4.69, 9.17) is 15.2 Å². The minimum atomic E-state index is -0.392. The van der Waals surface area contributed by atoms with Gasteiger partial charge >= 0.3 is 0 Å². The van der Waals surface area contributed by atoms with E-state index in [1.165, 1.54) is 7.11 Å². The molecule has 2 N–H and O–H groups in total. The fraction of sp³-hybridized carbons (Fsp3) is 0.900. The van der Waals surface area contributed by atoms with Gasteiger partial charge in [-0.15, -0.1) is 0 Å². The maximum Gasteiger partial charge on any atom is 0.251 e. The van der Waals surface area contributed by atoms with Crippen LogP contribution in [0.5, 0.6) is 0 Å². The zero-order chi connectivity index (χ0) is 11.4. The first-order valence-electron chi connectivity index (χ1n) is 5.25. The molecule has 3 atom stereocenters. The van der Waals surface area contributed by atoms with Crippen molar-refractivity contribution in [2.75, 3.05) is 26.8 Å². The minimum Gasteiger partial charge on any atom is -0.373 e. The number of ether oxygens (including phenoxy) is 2. The number of hydrogen-bond donors (Lipinski definition) is 1. The number of nitrogens with zero attached hydrogens (tertiary/aromatic N) is 1. The van der Waals surface area contributed by atoms with Crippen LogP contribution in [0.1, 0.15) is 13.8 Å². The first-order chi connectivity index (χ1) is 7.06. The van der Waals surface area contributed by atoms with Gasteiger partial charge in [-0.3, -0.25) is 4.79 Å². The molecule has 0 aromatic carbocycles. The zero-order valence-electron chi connectivity index (χ0n) is 9.60. The Labute approximate surface area is 90.5 Å². The van der Waals surface area contributed by atoms with E-state index in [1.807, 2.05) is 6.92 Å². The van der Waals surface area contributed by atoms with Crippen LogP contribution in [0.3, 0.4) is 0 Å². The van der Waals surface area contributed by atoms with E-state index < -0.39 is 6.10 Å². The van der Waals surface area contributed by atoms with Crippen molar-refractivity contribution < 1.29 is 14.3 Å². The lowest BCUT2D eigenvalue weighted by Gasteiger charge is -2.35. The molecule has 0 aromatic heterocycles. The van der Waals surface area contributed by atoms with Crippen molar-refractivity contribution in [2.24, 2.45) is 5.73 Å². The third-order valence-corrected chi connectivity index (χ3v) is 2.69. The van der Waals surface area contributed by atoms with Gasteiger partial charge < -0.3 is 20.1 Å². The number of hydrogen-bond acceptors (Lipinski definition) is 4. The van der Waals surface area contributed by atoms with Gasteiger partial charge in [0, 0.05) is 26.2 Å². The molecule has 0 aromatic rings. The normalized spacial score (nSPS) is 26.1. The summed E-state index contributed by atoms with van der Waals surface area (Å²) < 4.78 is 10.5. The van der Waals surface area contributed by atoms with Gasteiger partial charge in [0.2, 0.25) is 0 Å². The van der Waals surface area contributed by atoms with Crippen LogP contribution >= 0.6 is 0 Å². The van der Waals surface area contributed by atoms with Gasteiger partial charge in [0.15, 0.2) is 0 Å². The quantitative estimate of drug-likeness (QED) is 0.697. The van der Waals surface area contributed by atoms with Crippen LogP contribution in [0.25, 0.3) is 0 Å². The highest BCUT2D eigenvalue weighted by molar-refractivity contribution is 5.80. The van der Waals surface area contributed by atoms with Crippen molar-refractivity contribution in [3.8, 4) is 0 Å². The highest BCUT2D eigenvalue weighted by atomic mass is 16.5. The lowest BCUT2D eigenvalue weighted by atomic mass is 10.1. The number of nitrogens with two attached hydrogens (primary N) is 1. The first-order valence-corrected chi connectivity index (χ1v) is 5.25. The van der Waals surface area contributed by atoms with Gasteiger partial charge in [-0.05, 0) is 13.8 Å². The molecule has 1 saturated heterocycles. The fourth-order valence-corrected chi connectivity index (χ4v) is 1.55. The second-order valence-corrected chi connectivity index (χ2v) is 3.93. The van der Waals surface area contributed by atoms with E-state index in [0.717, 1.165) is 0 Å². The maximum atomic E-state index is 11.8. The molecule has 5 heteroatoms. The molecule has 15 heavy (non-hydrogen) atoms. The summed E-state index contributed by atoms with van der Waals surface area (Å²) in [5.74, 6) is 0.00597. The summed E-state index contributed by atoms with van der Waals surface area (Å²) in [6, 6.07) is -0.0570. The molecule has 3 unspecified atom stereocenters. The molecule has 0 saturated carbocycles. The predicted octanol–water partition coefficient (Wildman–Crippen LogP) is -0.404. The topological polar surface area (TPSA) is 64.8 Å². The Morgan fingerprint density at radius 1 is 1.60 bits per heavy atom. The molecule has 1 fully saturated rings. The number of methoxy groups -OCH3 is 1. The fourth-order valence-electron chi connectivity index (χ4n) is 1.55. The van der Waals surface area contributed by atoms with Crippen molar-refractivity contribution in [1.82, 2.24) is 4.90 Å². The minimum absolute atomic E-state index is 0.00597. The summed E-state index contributed by atoms with van der Waals surface area (Å²) >= 11 is 0. The number of rotatable bonds is 3. The van der Waals surface area contributed by atoms with E-state index >= 15 is 0 Å². The lowest BCUT2D eigenvalue weighted by molar-refractivity contribution is -0.148.